The van der Waals surface area contributed by atoms with Gasteiger partial charge >= 0.3 is 5.63 Å². The number of nitrogens with one attached hydrogen (secondary N) is 1. The maximum absolute atomic E-state index is 10.8. The van der Waals surface area contributed by atoms with Crippen LogP contribution in [0.2, 0.25) is 5.02 Å². The molecule has 0 fully saturated rings. The molecule has 0 spiro atoms. The van der Waals surface area contributed by atoms with Crippen LogP contribution in [-0.4, -0.2) is 5.27 Å². The molecule has 0 aliphatic rings. The highest BCUT2D eigenvalue weighted by Gasteiger charge is 2.14. The molecule has 72 valence electrons. The minimum Gasteiger partial charge on any atom is -0.283 e. The Morgan fingerprint density at radius 1 is 1.50 bits per heavy atom. The van der Waals surface area contributed by atoms with Gasteiger partial charge in [0.1, 0.15) is 0 Å². The van der Waals surface area contributed by atoms with E-state index in [4.69, 9.17) is 11.6 Å². The van der Waals surface area contributed by atoms with Crippen molar-refractivity contribution in [3.05, 3.63) is 45.4 Å². The van der Waals surface area contributed by atoms with Gasteiger partial charge in [-0.25, -0.2) is 4.79 Å². The fourth-order valence-electron chi connectivity index (χ4n) is 1.23. The number of hydrogen-bond donors (Lipinski definition) is 1. The Kier molecular flexibility index (Phi) is 2.13. The highest BCUT2D eigenvalue weighted by atomic mass is 35.5. The van der Waals surface area contributed by atoms with Gasteiger partial charge in [-0.3, -0.25) is 4.52 Å². The fraction of sp³-hybridized carbons (Fsp3) is 0.111. The number of hydrogen-bond acceptors (Lipinski definition) is 2. The quantitative estimate of drug-likeness (QED) is 0.721. The topological polar surface area (TPSA) is 49.9 Å². The first-order valence-electron chi connectivity index (χ1n) is 4.04. The maximum Gasteiger partial charge on any atom is 0.427 e. The van der Waals surface area contributed by atoms with Gasteiger partial charge in [-0.05, 0) is 22.9 Å². The average molecular weight is 212 g/mol. The van der Waals surface area contributed by atoms with Gasteiger partial charge in [-0.2, -0.15) is 0 Å². The normalized spacial score (nSPS) is 10.4. The molecule has 0 bridgehead atoms. The van der Waals surface area contributed by atoms with E-state index in [0.717, 1.165) is 11.3 Å². The molecule has 1 heterocycles. The molecule has 0 saturated heterocycles. The molecule has 5 heteroatoms. The summed E-state index contributed by atoms with van der Waals surface area (Å²) < 4.78 is 6.04. The average Bonchev–Trinajstić information content (AvgIpc) is 2.57. The zero-order chi connectivity index (χ0) is 10.1. The summed E-state index contributed by atoms with van der Waals surface area (Å²) in [5.41, 5.74) is 1.25. The monoisotopic (exact) mass is 211 g/mol. The molecule has 0 aliphatic heterocycles. The number of halogens is 1. The molecular weight excluding hydrogens is 204 g/mol. The number of aromatic amines is 1. The molecule has 4 nitrogen and oxygen atoms in total. The van der Waals surface area contributed by atoms with E-state index >= 15 is 0 Å². The summed E-state index contributed by atoms with van der Waals surface area (Å²) in [4.78, 5) is 10.8. The van der Waals surface area contributed by atoms with Crippen molar-refractivity contribution in [2.45, 2.75) is 6.92 Å². The first-order chi connectivity index (χ1) is 6.68. The lowest BCUT2D eigenvalue weighted by Gasteiger charge is -1.96. The van der Waals surface area contributed by atoms with Gasteiger partial charge in [0, 0.05) is 11.6 Å². The number of rotatable bonds is 1. The minimum absolute atomic E-state index is 0.427. The lowest BCUT2D eigenvalue weighted by Crippen LogP contribution is -2.33. The van der Waals surface area contributed by atoms with Crippen LogP contribution in [0.25, 0.3) is 5.69 Å². The van der Waals surface area contributed by atoms with Crippen LogP contribution in [0.15, 0.2) is 33.7 Å². The third-order valence-corrected chi connectivity index (χ3v) is 2.39. The SMILES string of the molecule is Cc1c(Cl)cccc1-[n+]1cc(=O)o[nH]1. The third-order valence-electron chi connectivity index (χ3n) is 1.98. The predicted octanol–water partition coefficient (Wildman–Crippen LogP) is 1.21. The molecule has 0 aliphatic carbocycles. The van der Waals surface area contributed by atoms with Crippen molar-refractivity contribution in [2.75, 3.05) is 0 Å². The van der Waals surface area contributed by atoms with E-state index in [1.165, 1.54) is 10.9 Å². The van der Waals surface area contributed by atoms with Crippen LogP contribution in [0.5, 0.6) is 0 Å². The molecule has 1 N–H and O–H groups in total. The van der Waals surface area contributed by atoms with E-state index in [1.807, 2.05) is 19.1 Å². The summed E-state index contributed by atoms with van der Waals surface area (Å²) in [5.74, 6) is 0. The smallest absolute Gasteiger partial charge is 0.283 e. The zero-order valence-electron chi connectivity index (χ0n) is 7.45. The summed E-state index contributed by atoms with van der Waals surface area (Å²) in [5, 5.41) is 3.11. The van der Waals surface area contributed by atoms with E-state index < -0.39 is 5.63 Å². The van der Waals surface area contributed by atoms with Crippen molar-refractivity contribution >= 4 is 11.6 Å². The zero-order valence-corrected chi connectivity index (χ0v) is 8.21. The predicted molar refractivity (Wildman–Crippen MR) is 50.6 cm³/mol. The molecule has 0 unspecified atom stereocenters. The highest BCUT2D eigenvalue weighted by molar-refractivity contribution is 6.31. The van der Waals surface area contributed by atoms with Crippen molar-refractivity contribution < 1.29 is 9.20 Å². The molecule has 14 heavy (non-hydrogen) atoms. The highest BCUT2D eigenvalue weighted by Crippen LogP contribution is 2.17. The first kappa shape index (κ1) is 9.02. The molecule has 2 rings (SSSR count). The second-order valence-corrected chi connectivity index (χ2v) is 3.30. The third kappa shape index (κ3) is 1.44. The van der Waals surface area contributed by atoms with Crippen LogP contribution in [0.4, 0.5) is 0 Å². The standard InChI is InChI=1S/C9H7ClN2O2/c1-6-7(10)3-2-4-8(6)12-5-9(13)14-11-12/h2-5H,1H3/p+1. The molecule has 0 saturated carbocycles. The Hall–Kier alpha value is -1.55. The molecule has 0 atom stereocenters. The van der Waals surface area contributed by atoms with Crippen LogP contribution in [-0.2, 0) is 0 Å². The van der Waals surface area contributed by atoms with E-state index in [1.54, 1.807) is 6.07 Å². The van der Waals surface area contributed by atoms with Gasteiger partial charge < -0.3 is 0 Å². The van der Waals surface area contributed by atoms with Gasteiger partial charge in [-0.1, -0.05) is 17.7 Å². The van der Waals surface area contributed by atoms with Gasteiger partial charge in [-0.15, -0.1) is 0 Å². The van der Waals surface area contributed by atoms with Crippen LogP contribution < -0.4 is 10.3 Å². The van der Waals surface area contributed by atoms with Crippen LogP contribution in [0.1, 0.15) is 5.56 Å². The van der Waals surface area contributed by atoms with Crippen molar-refractivity contribution in [3.8, 4) is 5.69 Å². The summed E-state index contributed by atoms with van der Waals surface area (Å²) in [6.45, 7) is 1.87. The number of H-pyrrole nitrogens is 1. The summed E-state index contributed by atoms with van der Waals surface area (Å²) in [6, 6.07) is 5.44. The fourth-order valence-corrected chi connectivity index (χ4v) is 1.40. The summed E-state index contributed by atoms with van der Waals surface area (Å²) >= 11 is 5.93. The van der Waals surface area contributed by atoms with Gasteiger partial charge in [0.05, 0.1) is 5.02 Å². The first-order valence-corrected chi connectivity index (χ1v) is 4.42. The van der Waals surface area contributed by atoms with Crippen molar-refractivity contribution in [1.82, 2.24) is 5.27 Å². The van der Waals surface area contributed by atoms with E-state index in [0.29, 0.717) is 5.02 Å². The van der Waals surface area contributed by atoms with Gasteiger partial charge in [0.15, 0.2) is 0 Å². The Bertz CT molecular complexity index is 516. The van der Waals surface area contributed by atoms with Gasteiger partial charge in [0.25, 0.3) is 6.20 Å². The molecule has 1 aromatic carbocycles. The van der Waals surface area contributed by atoms with Crippen molar-refractivity contribution in [2.24, 2.45) is 0 Å². The molecule has 1 aromatic heterocycles. The molecular formula is C9H8ClN2O2+. The summed E-state index contributed by atoms with van der Waals surface area (Å²) in [7, 11) is 0. The molecule has 0 amide bonds. The summed E-state index contributed by atoms with van der Waals surface area (Å²) in [6.07, 6.45) is 1.32. The van der Waals surface area contributed by atoms with Crippen molar-refractivity contribution in [3.63, 3.8) is 0 Å². The Morgan fingerprint density at radius 2 is 2.29 bits per heavy atom. The molecule has 2 aromatic rings. The van der Waals surface area contributed by atoms with E-state index in [-0.39, 0.29) is 0 Å². The van der Waals surface area contributed by atoms with Crippen LogP contribution in [0.3, 0.4) is 0 Å². The Labute approximate surface area is 84.7 Å². The van der Waals surface area contributed by atoms with Crippen LogP contribution >= 0.6 is 11.6 Å². The maximum atomic E-state index is 10.8. The lowest BCUT2D eigenvalue weighted by atomic mass is 10.2. The molecule has 0 radical (unpaired) electrons. The van der Waals surface area contributed by atoms with E-state index in [2.05, 4.69) is 9.79 Å². The minimum atomic E-state index is -0.427. The van der Waals surface area contributed by atoms with Crippen LogP contribution in [0, 0.1) is 6.92 Å². The Morgan fingerprint density at radius 3 is 2.93 bits per heavy atom. The second kappa shape index (κ2) is 3.31. The largest absolute Gasteiger partial charge is 0.427 e. The van der Waals surface area contributed by atoms with Crippen molar-refractivity contribution in [1.29, 1.82) is 0 Å². The lowest BCUT2D eigenvalue weighted by molar-refractivity contribution is -0.670. The second-order valence-electron chi connectivity index (χ2n) is 2.90. The Balaban J connectivity index is 2.62. The number of nitrogens with zero attached hydrogens (tertiary/aromatic N) is 1. The number of aromatic nitrogens is 2. The number of benzene rings is 1. The van der Waals surface area contributed by atoms with Gasteiger partial charge in [0.2, 0.25) is 5.69 Å². The van der Waals surface area contributed by atoms with E-state index in [9.17, 15) is 4.79 Å².